The van der Waals surface area contributed by atoms with Crippen molar-refractivity contribution < 1.29 is 4.84 Å². The summed E-state index contributed by atoms with van der Waals surface area (Å²) in [6.45, 7) is 3.08. The van der Waals surface area contributed by atoms with Crippen molar-refractivity contribution in [2.24, 2.45) is 5.16 Å². The molecule has 1 heterocycles. The largest absolute Gasteiger partial charge is 0.391 e. The van der Waals surface area contributed by atoms with E-state index >= 15 is 0 Å². The number of nitrogens with zero attached hydrogens (tertiary/aromatic N) is 3. The van der Waals surface area contributed by atoms with Gasteiger partial charge in [0.15, 0.2) is 0 Å². The van der Waals surface area contributed by atoms with Crippen molar-refractivity contribution in [3.63, 3.8) is 0 Å². The van der Waals surface area contributed by atoms with E-state index in [4.69, 9.17) is 16.4 Å². The van der Waals surface area contributed by atoms with E-state index in [9.17, 15) is 5.26 Å². The molecule has 0 saturated heterocycles. The smallest absolute Gasteiger partial charge is 0.143 e. The maximum absolute atomic E-state index is 9.19. The second-order valence-corrected chi connectivity index (χ2v) is 7.44. The fraction of sp³-hybridized carbons (Fsp3) is 0.120. The molecular weight excluding hydrogens is 394 g/mol. The van der Waals surface area contributed by atoms with Crippen LogP contribution in [0.3, 0.4) is 0 Å². The van der Waals surface area contributed by atoms with Gasteiger partial charge in [0.2, 0.25) is 0 Å². The monoisotopic (exact) mass is 413 g/mol. The van der Waals surface area contributed by atoms with Crippen LogP contribution in [0.4, 0.5) is 0 Å². The average Bonchev–Trinajstić information content (AvgIpc) is 3.04. The Morgan fingerprint density at radius 3 is 2.57 bits per heavy atom. The van der Waals surface area contributed by atoms with E-state index in [0.29, 0.717) is 5.56 Å². The fourth-order valence-electron chi connectivity index (χ4n) is 3.55. The van der Waals surface area contributed by atoms with E-state index in [1.54, 1.807) is 12.3 Å². The van der Waals surface area contributed by atoms with Gasteiger partial charge in [-0.05, 0) is 36.8 Å². The molecule has 0 aliphatic carbocycles. The Labute approximate surface area is 180 Å². The SMILES string of the molecule is Cc1c(/C=N\OCc2ccccc2C#N)c2ccccc2n1Cc1ccc(Cl)cc1. The summed E-state index contributed by atoms with van der Waals surface area (Å²) in [4.78, 5) is 5.51. The van der Waals surface area contributed by atoms with E-state index in [-0.39, 0.29) is 6.61 Å². The molecular formula is C25H20ClN3O. The van der Waals surface area contributed by atoms with Gasteiger partial charge in [0.25, 0.3) is 0 Å². The summed E-state index contributed by atoms with van der Waals surface area (Å²) in [5.41, 5.74) is 5.86. The zero-order valence-electron chi connectivity index (χ0n) is 16.5. The summed E-state index contributed by atoms with van der Waals surface area (Å²) in [5.74, 6) is 0. The Kier molecular flexibility index (Phi) is 5.83. The summed E-state index contributed by atoms with van der Waals surface area (Å²) in [5, 5.41) is 15.2. The van der Waals surface area contributed by atoms with Crippen molar-refractivity contribution in [2.45, 2.75) is 20.1 Å². The summed E-state index contributed by atoms with van der Waals surface area (Å²) in [6, 6.07) is 25.7. The van der Waals surface area contributed by atoms with E-state index in [0.717, 1.165) is 39.3 Å². The fourth-order valence-corrected chi connectivity index (χ4v) is 3.67. The van der Waals surface area contributed by atoms with Crippen molar-refractivity contribution in [3.05, 3.63) is 106 Å². The lowest BCUT2D eigenvalue weighted by Gasteiger charge is -2.09. The molecule has 0 N–H and O–H groups in total. The van der Waals surface area contributed by atoms with Crippen LogP contribution in [-0.2, 0) is 18.0 Å². The Morgan fingerprint density at radius 1 is 1.03 bits per heavy atom. The lowest BCUT2D eigenvalue weighted by Crippen LogP contribution is -2.02. The third-order valence-corrected chi connectivity index (χ3v) is 5.40. The van der Waals surface area contributed by atoms with Crippen molar-refractivity contribution in [1.82, 2.24) is 4.57 Å². The molecule has 148 valence electrons. The molecule has 5 heteroatoms. The summed E-state index contributed by atoms with van der Waals surface area (Å²) in [7, 11) is 0. The average molecular weight is 414 g/mol. The Morgan fingerprint density at radius 2 is 1.77 bits per heavy atom. The van der Waals surface area contributed by atoms with Gasteiger partial charge in [-0.25, -0.2) is 0 Å². The number of para-hydroxylation sites is 1. The van der Waals surface area contributed by atoms with Crippen LogP contribution in [0, 0.1) is 18.3 Å². The van der Waals surface area contributed by atoms with E-state index in [2.05, 4.69) is 34.8 Å². The highest BCUT2D eigenvalue weighted by atomic mass is 35.5. The van der Waals surface area contributed by atoms with Crippen LogP contribution in [0.25, 0.3) is 10.9 Å². The third-order valence-electron chi connectivity index (χ3n) is 5.15. The predicted molar refractivity (Wildman–Crippen MR) is 121 cm³/mol. The van der Waals surface area contributed by atoms with Crippen molar-refractivity contribution >= 4 is 28.7 Å². The van der Waals surface area contributed by atoms with E-state index < -0.39 is 0 Å². The predicted octanol–water partition coefficient (Wildman–Crippen LogP) is 6.07. The van der Waals surface area contributed by atoms with Crippen LogP contribution < -0.4 is 0 Å². The van der Waals surface area contributed by atoms with Gasteiger partial charge in [-0.2, -0.15) is 5.26 Å². The van der Waals surface area contributed by atoms with Crippen molar-refractivity contribution in [3.8, 4) is 6.07 Å². The molecule has 0 aliphatic rings. The van der Waals surface area contributed by atoms with E-state index in [1.165, 1.54) is 5.56 Å². The summed E-state index contributed by atoms with van der Waals surface area (Å²) in [6.07, 6.45) is 1.75. The molecule has 1 aromatic heterocycles. The molecule has 0 fully saturated rings. The Bertz CT molecular complexity index is 1250. The molecule has 0 saturated carbocycles. The highest BCUT2D eigenvalue weighted by molar-refractivity contribution is 6.30. The molecule has 0 radical (unpaired) electrons. The molecule has 0 amide bonds. The minimum atomic E-state index is 0.253. The maximum atomic E-state index is 9.19. The Hall–Kier alpha value is -3.55. The minimum Gasteiger partial charge on any atom is -0.391 e. The molecule has 0 atom stereocenters. The number of oxime groups is 1. The molecule has 0 aliphatic heterocycles. The number of aromatic nitrogens is 1. The first-order valence-electron chi connectivity index (χ1n) is 9.63. The first-order chi connectivity index (χ1) is 14.7. The lowest BCUT2D eigenvalue weighted by molar-refractivity contribution is 0.132. The zero-order valence-corrected chi connectivity index (χ0v) is 17.3. The van der Waals surface area contributed by atoms with Gasteiger partial charge in [0, 0.05) is 39.3 Å². The third kappa shape index (κ3) is 4.07. The number of fused-ring (bicyclic) bond motifs is 1. The molecule has 4 aromatic rings. The number of nitriles is 1. The second-order valence-electron chi connectivity index (χ2n) is 7.01. The number of benzene rings is 3. The minimum absolute atomic E-state index is 0.253. The quantitative estimate of drug-likeness (QED) is 0.284. The summed E-state index contributed by atoms with van der Waals surface area (Å²) >= 11 is 6.02. The summed E-state index contributed by atoms with van der Waals surface area (Å²) < 4.78 is 2.27. The molecule has 4 nitrogen and oxygen atoms in total. The van der Waals surface area contributed by atoms with Crippen LogP contribution in [0.15, 0.2) is 78.0 Å². The molecule has 4 rings (SSSR count). The van der Waals surface area contributed by atoms with Crippen molar-refractivity contribution in [2.75, 3.05) is 0 Å². The van der Waals surface area contributed by atoms with Gasteiger partial charge >= 0.3 is 0 Å². The first kappa shape index (κ1) is 19.8. The first-order valence-corrected chi connectivity index (χ1v) is 10.0. The normalized spacial score (nSPS) is 11.1. The topological polar surface area (TPSA) is 50.3 Å². The van der Waals surface area contributed by atoms with Crippen LogP contribution in [0.5, 0.6) is 0 Å². The highest BCUT2D eigenvalue weighted by Gasteiger charge is 2.13. The standard InChI is InChI=1S/C25H20ClN3O/c1-18-24(15-28-30-17-21-7-3-2-6-20(21)14-27)23-8-4-5-9-25(23)29(18)16-19-10-12-22(26)13-11-19/h2-13,15H,16-17H2,1H3/b28-15-. The molecule has 30 heavy (non-hydrogen) atoms. The van der Waals surface area contributed by atoms with Gasteiger partial charge in [0.1, 0.15) is 6.61 Å². The zero-order chi connectivity index (χ0) is 20.9. The number of rotatable bonds is 6. The van der Waals surface area contributed by atoms with Gasteiger partial charge in [-0.3, -0.25) is 0 Å². The lowest BCUT2D eigenvalue weighted by atomic mass is 10.1. The van der Waals surface area contributed by atoms with Gasteiger partial charge in [-0.15, -0.1) is 0 Å². The van der Waals surface area contributed by atoms with Gasteiger partial charge < -0.3 is 9.40 Å². The van der Waals surface area contributed by atoms with Crippen molar-refractivity contribution in [1.29, 1.82) is 5.26 Å². The van der Waals surface area contributed by atoms with Crippen LogP contribution in [0.1, 0.15) is 27.9 Å². The molecule has 3 aromatic carbocycles. The highest BCUT2D eigenvalue weighted by Crippen LogP contribution is 2.26. The van der Waals surface area contributed by atoms with Crippen LogP contribution >= 0.6 is 11.6 Å². The van der Waals surface area contributed by atoms with Crippen LogP contribution in [0.2, 0.25) is 5.02 Å². The Balaban J connectivity index is 1.59. The van der Waals surface area contributed by atoms with E-state index in [1.807, 2.05) is 54.6 Å². The molecule has 0 unspecified atom stereocenters. The number of hydrogen-bond donors (Lipinski definition) is 0. The van der Waals surface area contributed by atoms with Gasteiger partial charge in [-0.1, -0.05) is 65.3 Å². The molecule has 0 spiro atoms. The second kappa shape index (κ2) is 8.86. The van der Waals surface area contributed by atoms with Crippen LogP contribution in [-0.4, -0.2) is 10.8 Å². The number of halogens is 1. The van der Waals surface area contributed by atoms with Gasteiger partial charge in [0.05, 0.1) is 17.8 Å². The molecule has 0 bridgehead atoms. The number of hydrogen-bond acceptors (Lipinski definition) is 3. The maximum Gasteiger partial charge on any atom is 0.143 e.